The smallest absolute Gasteiger partial charge is 0.243 e. The van der Waals surface area contributed by atoms with Gasteiger partial charge in [0.05, 0.1) is 58.4 Å². The van der Waals surface area contributed by atoms with Crippen molar-refractivity contribution >= 4 is 102 Å². The molecule has 8 aromatic rings. The molecular formula is C107H180N10O12S8. The van der Waals surface area contributed by atoms with Crippen molar-refractivity contribution in [2.24, 2.45) is 5.92 Å². The third-order valence-corrected chi connectivity index (χ3v) is 35.8. The standard InChI is InChI=1S/C14H24N2O2S.C14H24N2OS.C14H21NOS.C13H21NO2S.C13H19NOS.C12H19NO2S.C12H19NOS.C11H17NO2S.4CH4/c1-12(2)13-7-6-8-14(11-13)19(17,18)16(5)10-9-15(3)4;1-12(2)13-7-6-8-14(11-13)18(5,17)15-9-10-16(3)4;1-11(2)13-5-4-6-14(9-13)17(3,16)15-10-12-7-8-12;1-5-14(6-2)17(15,16)13-9-7-8-12(10-13)11(3)4;1-10(2)11-5-4-6-13(9-11)16(3,15)14-12-7-8-12;1-9(2)11-6-5-7-12(8-11)16(14,15)13-10(3)4;1-5-13-15(4,14)12-8-6-7-11(9-12)10(2)3;1-9(2)10-6-5-7-11(8-10)15(13,14)12(3)4;;;;/h6-8,11-12H,9-10H2,1-5H3;6-8,11-12H,5,9-10H2,1-4H3,(H,15,17);4-6,9,11-12H,3,7-8,10H2,1-2H3,(H,15,16);7-11H,5-6H2,1-4H3;4-6,9-10,12H,3,7-8H2,1-2H3,(H,14,15);5-10,13H,1-4H3;6-10H,4-5H2,1-3H3,(H,13,14);5-9H,1-4H3;4*1H4. The van der Waals surface area contributed by atoms with Crippen LogP contribution in [-0.2, 0) is 78.9 Å². The van der Waals surface area contributed by atoms with Crippen LogP contribution in [0.3, 0.4) is 0 Å². The Kier molecular flexibility index (Phi) is 59.2. The van der Waals surface area contributed by atoms with E-state index in [2.05, 4.69) is 154 Å². The normalized spacial score (nSPS) is 14.4. The minimum absolute atomic E-state index is 0. The summed E-state index contributed by atoms with van der Waals surface area (Å²) in [6.07, 6.45) is 4.76. The van der Waals surface area contributed by atoms with E-state index in [1.54, 1.807) is 67.7 Å². The molecule has 10 rings (SSSR count). The van der Waals surface area contributed by atoms with Crippen LogP contribution in [0.5, 0.6) is 0 Å². The van der Waals surface area contributed by atoms with Crippen LogP contribution in [-0.4, -0.2) is 210 Å². The molecule has 0 radical (unpaired) electrons. The summed E-state index contributed by atoms with van der Waals surface area (Å²) in [5.41, 5.74) is 8.99. The first kappa shape index (κ1) is 132. The summed E-state index contributed by atoms with van der Waals surface area (Å²) in [7, 11) is -10.2. The molecule has 2 fully saturated rings. The van der Waals surface area contributed by atoms with Gasteiger partial charge in [-0.1, -0.05) is 258 Å². The number of nitrogens with one attached hydrogen (secondary N) is 5. The zero-order valence-electron chi connectivity index (χ0n) is 85.0. The molecule has 2 aliphatic carbocycles. The van der Waals surface area contributed by atoms with Crippen LogP contribution < -0.4 is 23.6 Å². The summed E-state index contributed by atoms with van der Waals surface area (Å²) in [6.45, 7) is 47.9. The lowest BCUT2D eigenvalue weighted by Gasteiger charge is -2.20. The van der Waals surface area contributed by atoms with E-state index < -0.39 is 78.9 Å². The Morgan fingerprint density at radius 3 is 0.847 bits per heavy atom. The molecule has 0 spiro atoms. The number of sulfonamides is 4. The largest absolute Gasteiger partial charge is 0.308 e. The molecule has 0 heterocycles. The molecule has 4 atom stereocenters. The van der Waals surface area contributed by atoms with Gasteiger partial charge in [0.15, 0.2) is 0 Å². The Bertz CT molecular complexity index is 5790. The van der Waals surface area contributed by atoms with E-state index >= 15 is 0 Å². The third kappa shape index (κ3) is 46.0. The molecule has 778 valence electrons. The summed E-state index contributed by atoms with van der Waals surface area (Å²) < 4.78 is 165. The molecule has 8 aromatic carbocycles. The van der Waals surface area contributed by atoms with Gasteiger partial charge in [-0.3, -0.25) is 0 Å². The van der Waals surface area contributed by atoms with Crippen molar-refractivity contribution in [1.82, 2.24) is 46.3 Å². The SMILES string of the molecule is C.C.C.C.C=S(=O)(NC1CC1)c1cccc(C(C)C)c1.C=S(=O)(NCC)c1cccc(C(C)C)c1.C=S(=O)(NCC1CC1)c1cccc(C(C)C)c1.C=S(=O)(NCCN(C)C)c1cccc(C(C)C)c1.CC(C)NS(=O)(=O)c1cccc(C(C)C)c1.CC(C)c1cccc(S(=O)(=O)N(C)C)c1.CC(C)c1cccc(S(=O)(=O)N(C)CCN(C)C)c1.CCN(CC)S(=O)(=O)c1cccc(C(C)C)c1. The second-order valence-corrected chi connectivity index (χ2v) is 53.4. The molecule has 0 saturated heterocycles. The summed E-state index contributed by atoms with van der Waals surface area (Å²) >= 11 is 0. The Morgan fingerprint density at radius 1 is 0.314 bits per heavy atom. The van der Waals surface area contributed by atoms with Gasteiger partial charge in [-0.25, -0.2) is 78.4 Å². The molecule has 0 aromatic heterocycles. The minimum Gasteiger partial charge on any atom is -0.308 e. The number of nitrogens with zero attached hydrogens (tertiary/aromatic N) is 5. The molecule has 22 nitrogen and oxygen atoms in total. The summed E-state index contributed by atoms with van der Waals surface area (Å²) in [5, 5.41) is 0. The average Bonchev–Trinajstić information content (AvgIpc) is 1.69. The van der Waals surface area contributed by atoms with Gasteiger partial charge in [0.1, 0.15) is 0 Å². The van der Waals surface area contributed by atoms with Crippen molar-refractivity contribution in [3.05, 3.63) is 239 Å². The molecule has 30 heteroatoms. The van der Waals surface area contributed by atoms with Gasteiger partial charge in [-0.2, -0.15) is 8.61 Å². The highest BCUT2D eigenvalue weighted by atomic mass is 32.2. The zero-order chi connectivity index (χ0) is 101. The van der Waals surface area contributed by atoms with Crippen molar-refractivity contribution < 1.29 is 50.5 Å². The van der Waals surface area contributed by atoms with Crippen LogP contribution in [0.25, 0.3) is 0 Å². The van der Waals surface area contributed by atoms with E-state index in [0.717, 1.165) is 67.8 Å². The monoisotopic (exact) mass is 2050 g/mol. The van der Waals surface area contributed by atoms with Gasteiger partial charge >= 0.3 is 0 Å². The van der Waals surface area contributed by atoms with E-state index in [4.69, 9.17) is 0 Å². The van der Waals surface area contributed by atoms with Crippen LogP contribution in [0.4, 0.5) is 0 Å². The van der Waals surface area contributed by atoms with Crippen molar-refractivity contribution in [2.75, 3.05) is 102 Å². The summed E-state index contributed by atoms with van der Waals surface area (Å²) in [6, 6.07) is 60.5. The maximum atomic E-state index is 12.5. The highest BCUT2D eigenvalue weighted by Crippen LogP contribution is 2.31. The van der Waals surface area contributed by atoms with Crippen LogP contribution >= 0.6 is 0 Å². The van der Waals surface area contributed by atoms with Crippen molar-refractivity contribution in [3.8, 4) is 0 Å². The number of rotatable bonds is 37. The molecule has 2 aliphatic rings. The van der Waals surface area contributed by atoms with Crippen LogP contribution in [0.2, 0.25) is 0 Å². The maximum Gasteiger partial charge on any atom is 0.243 e. The Labute approximate surface area is 838 Å². The molecule has 4 unspecified atom stereocenters. The number of hydrogen-bond donors (Lipinski definition) is 5. The Hall–Kier alpha value is -6.76. The average molecular weight is 2060 g/mol. The highest BCUT2D eigenvalue weighted by molar-refractivity contribution is 7.99. The molecule has 137 heavy (non-hydrogen) atoms. The molecule has 2 saturated carbocycles. The first-order valence-electron chi connectivity index (χ1n) is 46.1. The van der Waals surface area contributed by atoms with Crippen LogP contribution in [0.15, 0.2) is 233 Å². The molecule has 0 aliphatic heterocycles. The van der Waals surface area contributed by atoms with Crippen molar-refractivity contribution in [2.45, 2.75) is 299 Å². The molecular weight excluding hydrogens is 1870 g/mol. The zero-order valence-corrected chi connectivity index (χ0v) is 91.6. The van der Waals surface area contributed by atoms with Crippen LogP contribution in [0.1, 0.15) is 293 Å². The maximum absolute atomic E-state index is 12.5. The van der Waals surface area contributed by atoms with Gasteiger partial charge < -0.3 is 9.80 Å². The molecule has 0 amide bonds. The topological polar surface area (TPSA) is 281 Å². The fraction of sp³-hybridized carbons (Fsp3) is 0.514. The number of benzene rings is 8. The lowest BCUT2D eigenvalue weighted by Crippen LogP contribution is -2.33. The number of likely N-dealkylation sites (N-methyl/N-ethyl adjacent to an activating group) is 3. The second kappa shape index (κ2) is 61.3. The van der Waals surface area contributed by atoms with Gasteiger partial charge in [-0.15, -0.1) is 0 Å². The van der Waals surface area contributed by atoms with Gasteiger partial charge in [0, 0.05) is 105 Å². The molecule has 5 N–H and O–H groups in total. The predicted molar refractivity (Wildman–Crippen MR) is 597 cm³/mol. The minimum atomic E-state index is -3.38. The fourth-order valence-electron chi connectivity index (χ4n) is 12.4. The first-order chi connectivity index (χ1) is 61.6. The second-order valence-electron chi connectivity index (χ2n) is 37.2. The van der Waals surface area contributed by atoms with Crippen molar-refractivity contribution in [3.63, 3.8) is 0 Å². The number of hydrogen-bond acceptors (Lipinski definition) is 14. The Balaban J connectivity index is 0. The van der Waals surface area contributed by atoms with E-state index in [1.807, 2.05) is 209 Å². The van der Waals surface area contributed by atoms with Crippen LogP contribution in [0, 0.1) is 5.92 Å². The van der Waals surface area contributed by atoms with Gasteiger partial charge in [0.25, 0.3) is 0 Å². The predicted octanol–water partition coefficient (Wildman–Crippen LogP) is 21.6. The quantitative estimate of drug-likeness (QED) is 0.0227. The first-order valence-corrected chi connectivity index (χ1v) is 58.9. The Morgan fingerprint density at radius 2 is 0.577 bits per heavy atom. The van der Waals surface area contributed by atoms with Gasteiger partial charge in [-0.05, 0) is 286 Å². The van der Waals surface area contributed by atoms with Gasteiger partial charge in [0.2, 0.25) is 40.1 Å². The summed E-state index contributed by atoms with van der Waals surface area (Å²) in [5.74, 6) is 19.1. The lowest BCUT2D eigenvalue weighted by atomic mass is 10.0. The van der Waals surface area contributed by atoms with E-state index in [-0.39, 0.29) is 35.7 Å². The summed E-state index contributed by atoms with van der Waals surface area (Å²) in [4.78, 5) is 8.71. The molecule has 0 bridgehead atoms. The van der Waals surface area contributed by atoms with E-state index in [0.29, 0.717) is 118 Å². The fourth-order valence-corrected chi connectivity index (χ4v) is 22.7. The highest BCUT2D eigenvalue weighted by Gasteiger charge is 2.28. The van der Waals surface area contributed by atoms with Crippen molar-refractivity contribution in [1.29, 1.82) is 0 Å². The lowest BCUT2D eigenvalue weighted by molar-refractivity contribution is 0.358. The van der Waals surface area contributed by atoms with E-state index in [1.165, 1.54) is 62.1 Å². The van der Waals surface area contributed by atoms with E-state index in [9.17, 15) is 50.5 Å². The third-order valence-electron chi connectivity index (χ3n) is 21.6.